The van der Waals surface area contributed by atoms with Gasteiger partial charge in [-0.25, -0.2) is 0 Å². The summed E-state index contributed by atoms with van der Waals surface area (Å²) >= 11 is 3.55. The second-order valence-electron chi connectivity index (χ2n) is 4.85. The molecule has 0 aliphatic rings. The van der Waals surface area contributed by atoms with Crippen molar-refractivity contribution in [1.29, 1.82) is 0 Å². The Balaban J connectivity index is 2.53. The molecule has 0 spiro atoms. The average molecular weight is 299 g/mol. The monoisotopic (exact) mass is 298 g/mol. The minimum Gasteiger partial charge on any atom is -0.493 e. The van der Waals surface area contributed by atoms with Crippen molar-refractivity contribution in [3.05, 3.63) is 29.8 Å². The van der Waals surface area contributed by atoms with Crippen LogP contribution in [-0.4, -0.2) is 11.9 Å². The Morgan fingerprint density at radius 1 is 1.29 bits per heavy atom. The second-order valence-corrected chi connectivity index (χ2v) is 5.49. The lowest BCUT2D eigenvalue weighted by Crippen LogP contribution is -2.13. The van der Waals surface area contributed by atoms with Crippen molar-refractivity contribution in [3.63, 3.8) is 0 Å². The fourth-order valence-corrected chi connectivity index (χ4v) is 2.30. The van der Waals surface area contributed by atoms with E-state index in [9.17, 15) is 0 Å². The fraction of sp³-hybridized carbons (Fsp3) is 0.600. The molecule has 0 aromatic heterocycles. The van der Waals surface area contributed by atoms with Gasteiger partial charge in [0.2, 0.25) is 0 Å². The van der Waals surface area contributed by atoms with Gasteiger partial charge in [-0.3, -0.25) is 0 Å². The molecule has 0 bridgehead atoms. The first-order valence-electron chi connectivity index (χ1n) is 6.46. The molecule has 1 nitrogen and oxygen atoms in total. The quantitative estimate of drug-likeness (QED) is 0.644. The van der Waals surface area contributed by atoms with Gasteiger partial charge in [0.25, 0.3) is 0 Å². The van der Waals surface area contributed by atoms with Gasteiger partial charge in [0.1, 0.15) is 5.75 Å². The first kappa shape index (κ1) is 14.6. The Hall–Kier alpha value is -0.500. The van der Waals surface area contributed by atoms with Crippen LogP contribution in [0, 0.1) is 5.92 Å². The molecule has 1 aromatic rings. The smallest absolute Gasteiger partial charge is 0.119 e. The van der Waals surface area contributed by atoms with E-state index in [1.807, 2.05) is 6.07 Å². The van der Waals surface area contributed by atoms with E-state index >= 15 is 0 Å². The molecular formula is C15H23BrO. The molecule has 0 heterocycles. The van der Waals surface area contributed by atoms with Gasteiger partial charge in [-0.05, 0) is 30.0 Å². The normalized spacial score (nSPS) is 12.8. The number of benzene rings is 1. The first-order valence-corrected chi connectivity index (χ1v) is 7.58. The topological polar surface area (TPSA) is 9.23 Å². The maximum absolute atomic E-state index is 5.87. The van der Waals surface area contributed by atoms with Crippen molar-refractivity contribution >= 4 is 15.9 Å². The summed E-state index contributed by atoms with van der Waals surface area (Å²) in [6, 6.07) is 8.43. The van der Waals surface area contributed by atoms with Gasteiger partial charge >= 0.3 is 0 Å². The van der Waals surface area contributed by atoms with Crippen LogP contribution < -0.4 is 4.74 Å². The Morgan fingerprint density at radius 2 is 2.06 bits per heavy atom. The SMILES string of the molecule is CCCC(CBr)COc1cccc(C(C)C)c1. The van der Waals surface area contributed by atoms with Gasteiger partial charge in [0.15, 0.2) is 0 Å². The molecule has 1 unspecified atom stereocenters. The van der Waals surface area contributed by atoms with E-state index in [4.69, 9.17) is 4.74 Å². The molecule has 0 N–H and O–H groups in total. The minimum atomic E-state index is 0.557. The van der Waals surface area contributed by atoms with Crippen molar-refractivity contribution in [2.24, 2.45) is 5.92 Å². The summed E-state index contributed by atoms with van der Waals surface area (Å²) in [4.78, 5) is 0. The molecular weight excluding hydrogens is 276 g/mol. The van der Waals surface area contributed by atoms with Crippen LogP contribution >= 0.6 is 15.9 Å². The van der Waals surface area contributed by atoms with Crippen LogP contribution in [0.3, 0.4) is 0 Å². The summed E-state index contributed by atoms with van der Waals surface area (Å²) in [7, 11) is 0. The fourth-order valence-electron chi connectivity index (χ4n) is 1.79. The van der Waals surface area contributed by atoms with Crippen molar-refractivity contribution in [3.8, 4) is 5.75 Å². The van der Waals surface area contributed by atoms with Gasteiger partial charge in [0.05, 0.1) is 6.61 Å². The van der Waals surface area contributed by atoms with Gasteiger partial charge in [-0.2, -0.15) is 0 Å². The van der Waals surface area contributed by atoms with Gasteiger partial charge in [0, 0.05) is 11.2 Å². The summed E-state index contributed by atoms with van der Waals surface area (Å²) in [5, 5.41) is 1.02. The number of alkyl halides is 1. The van der Waals surface area contributed by atoms with E-state index < -0.39 is 0 Å². The average Bonchev–Trinajstić information content (AvgIpc) is 2.34. The van der Waals surface area contributed by atoms with Gasteiger partial charge < -0.3 is 4.74 Å². The molecule has 1 aromatic carbocycles. The Kier molecular flexibility index (Phi) is 6.64. The van der Waals surface area contributed by atoms with Crippen LogP contribution in [0.4, 0.5) is 0 Å². The number of ether oxygens (including phenoxy) is 1. The number of rotatable bonds is 7. The third-order valence-corrected chi connectivity index (χ3v) is 3.84. The zero-order valence-electron chi connectivity index (χ0n) is 11.1. The van der Waals surface area contributed by atoms with E-state index in [0.717, 1.165) is 17.7 Å². The Bertz CT molecular complexity index is 322. The molecule has 1 rings (SSSR count). The molecule has 17 heavy (non-hydrogen) atoms. The van der Waals surface area contributed by atoms with E-state index in [0.29, 0.717) is 11.8 Å². The second kappa shape index (κ2) is 7.75. The zero-order valence-corrected chi connectivity index (χ0v) is 12.7. The number of hydrogen-bond donors (Lipinski definition) is 0. The zero-order chi connectivity index (χ0) is 12.7. The van der Waals surface area contributed by atoms with Crippen LogP contribution in [0.25, 0.3) is 0 Å². The molecule has 1 atom stereocenters. The third kappa shape index (κ3) is 5.12. The molecule has 0 saturated carbocycles. The summed E-state index contributed by atoms with van der Waals surface area (Å²) in [5.41, 5.74) is 1.34. The van der Waals surface area contributed by atoms with Crippen molar-refractivity contribution < 1.29 is 4.74 Å². The van der Waals surface area contributed by atoms with Crippen molar-refractivity contribution in [1.82, 2.24) is 0 Å². The number of hydrogen-bond acceptors (Lipinski definition) is 1. The summed E-state index contributed by atoms with van der Waals surface area (Å²) in [6.45, 7) is 7.44. The predicted molar refractivity (Wildman–Crippen MR) is 78.2 cm³/mol. The number of halogens is 1. The largest absolute Gasteiger partial charge is 0.493 e. The van der Waals surface area contributed by atoms with Crippen LogP contribution in [0.1, 0.15) is 45.1 Å². The van der Waals surface area contributed by atoms with Crippen LogP contribution in [0.15, 0.2) is 24.3 Å². The van der Waals surface area contributed by atoms with Crippen molar-refractivity contribution in [2.75, 3.05) is 11.9 Å². The van der Waals surface area contributed by atoms with Crippen LogP contribution in [0.2, 0.25) is 0 Å². The highest BCUT2D eigenvalue weighted by Gasteiger charge is 2.07. The maximum Gasteiger partial charge on any atom is 0.119 e. The van der Waals surface area contributed by atoms with E-state index in [2.05, 4.69) is 54.9 Å². The first-order chi connectivity index (χ1) is 8.17. The highest BCUT2D eigenvalue weighted by Crippen LogP contribution is 2.21. The Labute approximate surface area is 114 Å². The van der Waals surface area contributed by atoms with E-state index in [1.165, 1.54) is 18.4 Å². The lowest BCUT2D eigenvalue weighted by Gasteiger charge is -2.15. The molecule has 0 aliphatic carbocycles. The summed E-state index contributed by atoms with van der Waals surface area (Å²) in [5.74, 6) is 2.17. The molecule has 0 amide bonds. The van der Waals surface area contributed by atoms with Gasteiger partial charge in [-0.15, -0.1) is 0 Å². The third-order valence-electron chi connectivity index (χ3n) is 2.93. The molecule has 96 valence electrons. The molecule has 2 heteroatoms. The minimum absolute atomic E-state index is 0.557. The summed E-state index contributed by atoms with van der Waals surface area (Å²) < 4.78 is 5.87. The summed E-state index contributed by atoms with van der Waals surface area (Å²) in [6.07, 6.45) is 2.43. The molecule has 0 saturated heterocycles. The standard InChI is InChI=1S/C15H23BrO/c1-4-6-13(10-16)11-17-15-8-5-7-14(9-15)12(2)3/h5,7-9,12-13H,4,6,10-11H2,1-3H3. The molecule has 0 aliphatic heterocycles. The maximum atomic E-state index is 5.87. The Morgan fingerprint density at radius 3 is 2.65 bits per heavy atom. The van der Waals surface area contributed by atoms with Gasteiger partial charge in [-0.1, -0.05) is 55.3 Å². The molecule has 0 fully saturated rings. The highest BCUT2D eigenvalue weighted by molar-refractivity contribution is 9.09. The van der Waals surface area contributed by atoms with Crippen LogP contribution in [0.5, 0.6) is 5.75 Å². The van der Waals surface area contributed by atoms with Crippen LogP contribution in [-0.2, 0) is 0 Å². The van der Waals surface area contributed by atoms with E-state index in [1.54, 1.807) is 0 Å². The van der Waals surface area contributed by atoms with Crippen molar-refractivity contribution in [2.45, 2.75) is 39.5 Å². The lowest BCUT2D eigenvalue weighted by molar-refractivity contribution is 0.255. The van der Waals surface area contributed by atoms with E-state index in [-0.39, 0.29) is 0 Å². The predicted octanol–water partition coefficient (Wildman–Crippen LogP) is 5.00. The molecule has 0 radical (unpaired) electrons. The highest BCUT2D eigenvalue weighted by atomic mass is 79.9. The lowest BCUT2D eigenvalue weighted by atomic mass is 10.0.